The van der Waals surface area contributed by atoms with Crippen LogP contribution in [-0.2, 0) is 11.2 Å². The van der Waals surface area contributed by atoms with Crippen molar-refractivity contribution >= 4 is 23.2 Å². The molecule has 162 valence electrons. The topological polar surface area (TPSA) is 67.9 Å². The van der Waals surface area contributed by atoms with Crippen molar-refractivity contribution in [3.63, 3.8) is 0 Å². The molecule has 0 spiro atoms. The minimum absolute atomic E-state index is 0.00684. The Morgan fingerprint density at radius 1 is 1.10 bits per heavy atom. The number of benzene rings is 1. The zero-order valence-corrected chi connectivity index (χ0v) is 18.7. The second-order valence-corrected chi connectivity index (χ2v) is 8.96. The minimum Gasteiger partial charge on any atom is -0.497 e. The van der Waals surface area contributed by atoms with Crippen molar-refractivity contribution < 1.29 is 19.1 Å². The largest absolute Gasteiger partial charge is 0.497 e. The Balaban J connectivity index is 1.41. The zero-order valence-electron chi connectivity index (χ0n) is 17.9. The lowest BCUT2D eigenvalue weighted by Gasteiger charge is -2.32. The maximum atomic E-state index is 12.5. The van der Waals surface area contributed by atoms with Gasteiger partial charge in [0.05, 0.1) is 25.6 Å². The molecule has 1 N–H and O–H groups in total. The van der Waals surface area contributed by atoms with Crippen LogP contribution in [0.4, 0.5) is 0 Å². The van der Waals surface area contributed by atoms with E-state index in [0.717, 1.165) is 55.1 Å². The van der Waals surface area contributed by atoms with Gasteiger partial charge in [-0.3, -0.25) is 9.59 Å². The number of amides is 2. The molecule has 7 heteroatoms. The van der Waals surface area contributed by atoms with Crippen LogP contribution in [-0.4, -0.2) is 50.6 Å². The first kappa shape index (κ1) is 22.2. The lowest BCUT2D eigenvalue weighted by molar-refractivity contribution is -0.131. The van der Waals surface area contributed by atoms with Crippen LogP contribution < -0.4 is 14.8 Å². The van der Waals surface area contributed by atoms with E-state index in [1.807, 2.05) is 24.0 Å². The molecule has 2 heterocycles. The van der Waals surface area contributed by atoms with E-state index in [1.165, 1.54) is 16.9 Å². The van der Waals surface area contributed by atoms with Crippen LogP contribution in [0.1, 0.15) is 39.4 Å². The van der Waals surface area contributed by atoms with Crippen LogP contribution in [0.2, 0.25) is 0 Å². The zero-order chi connectivity index (χ0) is 21.5. The monoisotopic (exact) mass is 430 g/mol. The predicted molar refractivity (Wildman–Crippen MR) is 119 cm³/mol. The molecule has 6 nitrogen and oxygen atoms in total. The summed E-state index contributed by atoms with van der Waals surface area (Å²) in [5.41, 5.74) is 1.20. The summed E-state index contributed by atoms with van der Waals surface area (Å²) in [5, 5.41) is 2.75. The van der Waals surface area contributed by atoms with E-state index in [2.05, 4.69) is 17.4 Å². The van der Waals surface area contributed by atoms with E-state index < -0.39 is 0 Å². The summed E-state index contributed by atoms with van der Waals surface area (Å²) < 4.78 is 10.7. The van der Waals surface area contributed by atoms with Gasteiger partial charge in [0.1, 0.15) is 11.5 Å². The minimum atomic E-state index is -0.176. The first-order chi connectivity index (χ1) is 14.5. The van der Waals surface area contributed by atoms with E-state index in [-0.39, 0.29) is 18.4 Å². The van der Waals surface area contributed by atoms with Gasteiger partial charge in [0.15, 0.2) is 0 Å². The second-order valence-electron chi connectivity index (χ2n) is 7.68. The van der Waals surface area contributed by atoms with Crippen LogP contribution in [0.25, 0.3) is 0 Å². The molecule has 2 aromatic rings. The highest BCUT2D eigenvalue weighted by Gasteiger charge is 2.23. The number of thiophene rings is 1. The highest BCUT2D eigenvalue weighted by atomic mass is 32.1. The number of nitrogens with one attached hydrogen (secondary N) is 1. The van der Waals surface area contributed by atoms with Crippen LogP contribution >= 0.6 is 11.3 Å². The van der Waals surface area contributed by atoms with Gasteiger partial charge in [-0.1, -0.05) is 0 Å². The van der Waals surface area contributed by atoms with Crippen molar-refractivity contribution in [2.24, 2.45) is 5.92 Å². The molecule has 1 aromatic heterocycles. The van der Waals surface area contributed by atoms with Crippen LogP contribution in [0.3, 0.4) is 0 Å². The maximum absolute atomic E-state index is 12.5. The summed E-state index contributed by atoms with van der Waals surface area (Å²) in [6.07, 6.45) is 4.02. The Morgan fingerprint density at radius 3 is 2.33 bits per heavy atom. The average Bonchev–Trinajstić information content (AvgIpc) is 3.22. The first-order valence-electron chi connectivity index (χ1n) is 10.3. The molecule has 0 unspecified atom stereocenters. The van der Waals surface area contributed by atoms with Crippen molar-refractivity contribution in [3.05, 3.63) is 45.6 Å². The second kappa shape index (κ2) is 10.5. The van der Waals surface area contributed by atoms with Crippen LogP contribution in [0.15, 0.2) is 30.3 Å². The fourth-order valence-electron chi connectivity index (χ4n) is 3.76. The Hall–Kier alpha value is -2.54. The third-order valence-corrected chi connectivity index (χ3v) is 6.58. The lowest BCUT2D eigenvalue weighted by atomic mass is 9.90. The molecule has 1 aliphatic heterocycles. The molecule has 0 atom stereocenters. The predicted octanol–water partition coefficient (Wildman–Crippen LogP) is 3.67. The Labute approximate surface area is 182 Å². The average molecular weight is 431 g/mol. The van der Waals surface area contributed by atoms with Crippen molar-refractivity contribution in [2.75, 3.05) is 33.9 Å². The maximum Gasteiger partial charge on any atom is 0.261 e. The van der Waals surface area contributed by atoms with Crippen molar-refractivity contribution in [2.45, 2.75) is 32.6 Å². The van der Waals surface area contributed by atoms with Gasteiger partial charge in [0.2, 0.25) is 5.91 Å². The number of piperidine rings is 1. The van der Waals surface area contributed by atoms with E-state index in [1.54, 1.807) is 20.3 Å². The highest BCUT2D eigenvalue weighted by molar-refractivity contribution is 7.13. The number of hydrogen-bond acceptors (Lipinski definition) is 5. The summed E-state index contributed by atoms with van der Waals surface area (Å²) in [5.74, 6) is 2.03. The van der Waals surface area contributed by atoms with E-state index in [9.17, 15) is 9.59 Å². The number of aryl methyl sites for hydroxylation is 2. The molecule has 0 saturated carbocycles. The molecule has 0 bridgehead atoms. The van der Waals surface area contributed by atoms with Crippen molar-refractivity contribution in [1.29, 1.82) is 0 Å². The van der Waals surface area contributed by atoms with Gasteiger partial charge in [-0.05, 0) is 68.4 Å². The quantitative estimate of drug-likeness (QED) is 0.694. The normalized spacial score (nSPS) is 14.4. The molecule has 0 aliphatic carbocycles. The Kier molecular flexibility index (Phi) is 7.74. The molecule has 30 heavy (non-hydrogen) atoms. The first-order valence-corrected chi connectivity index (χ1v) is 11.1. The van der Waals surface area contributed by atoms with Gasteiger partial charge >= 0.3 is 0 Å². The van der Waals surface area contributed by atoms with Crippen molar-refractivity contribution in [1.82, 2.24) is 10.2 Å². The summed E-state index contributed by atoms with van der Waals surface area (Å²) >= 11 is 1.44. The molecule has 0 radical (unpaired) electrons. The van der Waals surface area contributed by atoms with Gasteiger partial charge in [-0.2, -0.15) is 0 Å². The van der Waals surface area contributed by atoms with Gasteiger partial charge in [0.25, 0.3) is 5.91 Å². The highest BCUT2D eigenvalue weighted by Crippen LogP contribution is 2.27. The molecule has 1 fully saturated rings. The fraction of sp³-hybridized carbons (Fsp3) is 0.478. The smallest absolute Gasteiger partial charge is 0.261 e. The number of carbonyl (C=O) groups is 2. The molecule has 1 aliphatic rings. The molecule has 3 rings (SSSR count). The number of hydrogen-bond donors (Lipinski definition) is 1. The standard InChI is InChI=1S/C23H30N2O4S/c1-16-4-7-21(30-16)23(27)24-15-22(26)25-10-8-17(9-11-25)5-6-18-12-19(28-2)14-20(13-18)29-3/h4,7,12-14,17H,5-6,8-11,15H2,1-3H3,(H,24,27). The van der Waals surface area contributed by atoms with Gasteiger partial charge in [-0.15, -0.1) is 11.3 Å². The number of methoxy groups -OCH3 is 2. The summed E-state index contributed by atoms with van der Waals surface area (Å²) in [4.78, 5) is 28.2. The number of ether oxygens (including phenoxy) is 2. The summed E-state index contributed by atoms with van der Waals surface area (Å²) in [6, 6.07) is 9.70. The van der Waals surface area contributed by atoms with Gasteiger partial charge in [0, 0.05) is 24.0 Å². The third kappa shape index (κ3) is 5.98. The van der Waals surface area contributed by atoms with E-state index in [4.69, 9.17) is 9.47 Å². The van der Waals surface area contributed by atoms with Crippen molar-refractivity contribution in [3.8, 4) is 11.5 Å². The molecule has 1 saturated heterocycles. The Morgan fingerprint density at radius 2 is 1.77 bits per heavy atom. The van der Waals surface area contributed by atoms with Gasteiger partial charge < -0.3 is 19.7 Å². The number of rotatable bonds is 8. The number of nitrogens with zero attached hydrogens (tertiary/aromatic N) is 1. The van der Waals surface area contributed by atoms with Gasteiger partial charge in [-0.25, -0.2) is 0 Å². The number of likely N-dealkylation sites (tertiary alicyclic amines) is 1. The molecular formula is C23H30N2O4S. The summed E-state index contributed by atoms with van der Waals surface area (Å²) in [7, 11) is 3.32. The fourth-order valence-corrected chi connectivity index (χ4v) is 4.55. The van der Waals surface area contributed by atoms with E-state index in [0.29, 0.717) is 10.8 Å². The van der Waals surface area contributed by atoms with Crippen LogP contribution in [0, 0.1) is 12.8 Å². The number of carbonyl (C=O) groups excluding carboxylic acids is 2. The Bertz CT molecular complexity index is 850. The summed E-state index contributed by atoms with van der Waals surface area (Å²) in [6.45, 7) is 3.52. The molecule has 2 amide bonds. The molecular weight excluding hydrogens is 400 g/mol. The van der Waals surface area contributed by atoms with Crippen LogP contribution in [0.5, 0.6) is 11.5 Å². The lowest BCUT2D eigenvalue weighted by Crippen LogP contribution is -2.44. The molecule has 1 aromatic carbocycles. The third-order valence-electron chi connectivity index (χ3n) is 5.58. The SMILES string of the molecule is COc1cc(CCC2CCN(C(=O)CNC(=O)c3ccc(C)s3)CC2)cc(OC)c1. The van der Waals surface area contributed by atoms with E-state index >= 15 is 0 Å².